The molecule has 160 valence electrons. The van der Waals surface area contributed by atoms with Gasteiger partial charge in [0.1, 0.15) is 16.3 Å². The lowest BCUT2D eigenvalue weighted by Gasteiger charge is -2.18. The van der Waals surface area contributed by atoms with Crippen LogP contribution in [-0.2, 0) is 13.0 Å². The van der Waals surface area contributed by atoms with E-state index in [4.69, 9.17) is 22.1 Å². The van der Waals surface area contributed by atoms with Crippen LogP contribution in [0.2, 0.25) is 5.15 Å². The van der Waals surface area contributed by atoms with Crippen molar-refractivity contribution in [1.29, 1.82) is 0 Å². The maximum Gasteiger partial charge on any atom is 0.223 e. The smallest absolute Gasteiger partial charge is 0.223 e. The highest BCUT2D eigenvalue weighted by Gasteiger charge is 2.19. The number of methoxy groups -OCH3 is 1. The third-order valence-electron chi connectivity index (χ3n) is 5.70. The molecule has 30 heavy (non-hydrogen) atoms. The van der Waals surface area contributed by atoms with E-state index in [9.17, 15) is 4.79 Å². The minimum atomic E-state index is -0.135. The number of anilines is 1. The van der Waals surface area contributed by atoms with E-state index in [1.54, 1.807) is 13.3 Å². The molecule has 3 aromatic rings. The molecule has 0 spiro atoms. The molecule has 0 fully saturated rings. The summed E-state index contributed by atoms with van der Waals surface area (Å²) in [5, 5.41) is 0.375. The van der Waals surface area contributed by atoms with E-state index in [2.05, 4.69) is 28.8 Å². The van der Waals surface area contributed by atoms with Crippen LogP contribution in [-0.4, -0.2) is 26.6 Å². The van der Waals surface area contributed by atoms with E-state index in [-0.39, 0.29) is 16.5 Å². The molecule has 0 aromatic carbocycles. The molecule has 0 radical (unpaired) electrons. The standard InChI is InChI=1S/C22H28ClN5O2/c1-6-14(7-2)8-15-10-28(11-16-13(4)19(30-5)12(3)9-25-16)21-17(18(15)29)20(23)26-22(24)27-21/h9-10,14H,6-8,11H2,1-5H3,(H2,24,26,27). The Bertz CT molecular complexity index is 1140. The van der Waals surface area contributed by atoms with Gasteiger partial charge in [0, 0.05) is 29.1 Å². The van der Waals surface area contributed by atoms with Gasteiger partial charge in [0.15, 0.2) is 11.1 Å². The van der Waals surface area contributed by atoms with Crippen LogP contribution in [0.15, 0.2) is 17.2 Å². The number of ether oxygens (including phenoxy) is 1. The minimum absolute atomic E-state index is 0.0274. The lowest BCUT2D eigenvalue weighted by molar-refractivity contribution is 0.406. The van der Waals surface area contributed by atoms with Gasteiger partial charge in [-0.25, -0.2) is 4.98 Å². The topological polar surface area (TPSA) is 95.9 Å². The van der Waals surface area contributed by atoms with Crippen molar-refractivity contribution in [2.75, 3.05) is 12.8 Å². The minimum Gasteiger partial charge on any atom is -0.496 e. The fraction of sp³-hybridized carbons (Fsp3) is 0.455. The number of nitrogen functional groups attached to an aromatic ring is 1. The van der Waals surface area contributed by atoms with Crippen LogP contribution < -0.4 is 15.9 Å². The molecule has 7 nitrogen and oxygen atoms in total. The average molecular weight is 430 g/mol. The molecule has 0 bridgehead atoms. The van der Waals surface area contributed by atoms with E-state index in [0.717, 1.165) is 35.4 Å². The van der Waals surface area contributed by atoms with Crippen LogP contribution in [0.25, 0.3) is 11.0 Å². The molecule has 2 N–H and O–H groups in total. The summed E-state index contributed by atoms with van der Waals surface area (Å²) in [5.41, 5.74) is 9.54. The van der Waals surface area contributed by atoms with Crippen LogP contribution in [0.1, 0.15) is 49.1 Å². The van der Waals surface area contributed by atoms with Gasteiger partial charge in [-0.1, -0.05) is 38.3 Å². The molecule has 0 saturated heterocycles. The van der Waals surface area contributed by atoms with E-state index in [0.29, 0.717) is 35.5 Å². The molecule has 3 heterocycles. The molecule has 0 amide bonds. The predicted molar refractivity (Wildman–Crippen MR) is 120 cm³/mol. The van der Waals surface area contributed by atoms with E-state index < -0.39 is 0 Å². The Hall–Kier alpha value is -2.67. The summed E-state index contributed by atoms with van der Waals surface area (Å²) in [6.07, 6.45) is 6.31. The number of halogens is 1. The first-order valence-corrected chi connectivity index (χ1v) is 10.5. The lowest BCUT2D eigenvalue weighted by Crippen LogP contribution is -2.20. The summed E-state index contributed by atoms with van der Waals surface area (Å²) < 4.78 is 7.43. The normalized spacial score (nSPS) is 11.4. The molecule has 0 atom stereocenters. The Morgan fingerprint density at radius 3 is 2.57 bits per heavy atom. The second-order valence-electron chi connectivity index (χ2n) is 7.62. The van der Waals surface area contributed by atoms with Crippen LogP contribution in [0, 0.1) is 19.8 Å². The fourth-order valence-corrected chi connectivity index (χ4v) is 4.11. The monoisotopic (exact) mass is 429 g/mol. The first-order chi connectivity index (χ1) is 14.3. The summed E-state index contributed by atoms with van der Waals surface area (Å²) >= 11 is 6.34. The summed E-state index contributed by atoms with van der Waals surface area (Å²) in [4.78, 5) is 26.1. The molecule has 8 heteroatoms. The first kappa shape index (κ1) is 22.0. The van der Waals surface area contributed by atoms with Crippen LogP contribution >= 0.6 is 11.6 Å². The molecule has 0 aliphatic carbocycles. The van der Waals surface area contributed by atoms with E-state index >= 15 is 0 Å². The number of pyridine rings is 2. The Kier molecular flexibility index (Phi) is 6.61. The molecular weight excluding hydrogens is 402 g/mol. The lowest BCUT2D eigenvalue weighted by atomic mass is 9.95. The first-order valence-electron chi connectivity index (χ1n) is 10.1. The molecule has 0 unspecified atom stereocenters. The van der Waals surface area contributed by atoms with Crippen LogP contribution in [0.5, 0.6) is 5.75 Å². The molecule has 3 rings (SSSR count). The molecular formula is C22H28ClN5O2. The Balaban J connectivity index is 2.23. The number of nitrogens with two attached hydrogens (primary N) is 1. The zero-order chi connectivity index (χ0) is 22.0. The third kappa shape index (κ3) is 4.12. The fourth-order valence-electron chi connectivity index (χ4n) is 3.86. The van der Waals surface area contributed by atoms with E-state index in [1.807, 2.05) is 24.6 Å². The second kappa shape index (κ2) is 9.00. The van der Waals surface area contributed by atoms with Crippen LogP contribution in [0.3, 0.4) is 0 Å². The van der Waals surface area contributed by atoms with Gasteiger partial charge in [-0.15, -0.1) is 0 Å². The SMILES string of the molecule is CCC(CC)Cc1cn(Cc2ncc(C)c(OC)c2C)c2nc(N)nc(Cl)c2c1=O. The van der Waals surface area contributed by atoms with Crippen molar-refractivity contribution in [2.45, 2.75) is 53.5 Å². The van der Waals surface area contributed by atoms with Gasteiger partial charge in [0.05, 0.1) is 19.3 Å². The number of hydrogen-bond donors (Lipinski definition) is 1. The highest BCUT2D eigenvalue weighted by atomic mass is 35.5. The van der Waals surface area contributed by atoms with Crippen molar-refractivity contribution >= 4 is 28.6 Å². The second-order valence-corrected chi connectivity index (χ2v) is 7.97. The quantitative estimate of drug-likeness (QED) is 0.568. The van der Waals surface area contributed by atoms with Crippen LogP contribution in [0.4, 0.5) is 5.95 Å². The predicted octanol–water partition coefficient (Wildman–Crippen LogP) is 4.07. The van der Waals surface area contributed by atoms with Crippen molar-refractivity contribution in [3.8, 4) is 5.75 Å². The van der Waals surface area contributed by atoms with Crippen molar-refractivity contribution < 1.29 is 4.74 Å². The highest BCUT2D eigenvalue weighted by molar-refractivity contribution is 6.34. The Morgan fingerprint density at radius 2 is 1.93 bits per heavy atom. The maximum absolute atomic E-state index is 13.2. The van der Waals surface area contributed by atoms with Crippen molar-refractivity contribution in [1.82, 2.24) is 19.5 Å². The van der Waals surface area contributed by atoms with Gasteiger partial charge in [-0.2, -0.15) is 4.98 Å². The Labute approximate surface area is 181 Å². The summed E-state index contributed by atoms with van der Waals surface area (Å²) in [6.45, 7) is 8.61. The number of nitrogens with zero attached hydrogens (tertiary/aromatic N) is 4. The maximum atomic E-state index is 13.2. The number of aryl methyl sites for hydroxylation is 1. The zero-order valence-electron chi connectivity index (χ0n) is 18.1. The van der Waals surface area contributed by atoms with Gasteiger partial charge >= 0.3 is 0 Å². The van der Waals surface area contributed by atoms with Crippen molar-refractivity contribution in [2.24, 2.45) is 5.92 Å². The molecule has 0 saturated carbocycles. The zero-order valence-corrected chi connectivity index (χ0v) is 18.9. The molecule has 0 aliphatic rings. The van der Waals surface area contributed by atoms with Gasteiger partial charge in [-0.05, 0) is 26.2 Å². The van der Waals surface area contributed by atoms with Gasteiger partial charge in [0.2, 0.25) is 5.95 Å². The van der Waals surface area contributed by atoms with Gasteiger partial charge in [0.25, 0.3) is 0 Å². The number of aromatic nitrogens is 4. The highest BCUT2D eigenvalue weighted by Crippen LogP contribution is 2.26. The Morgan fingerprint density at radius 1 is 1.23 bits per heavy atom. The van der Waals surface area contributed by atoms with E-state index in [1.165, 1.54) is 0 Å². The third-order valence-corrected chi connectivity index (χ3v) is 5.97. The van der Waals surface area contributed by atoms with Gasteiger partial charge in [-0.3, -0.25) is 9.78 Å². The van der Waals surface area contributed by atoms with Crippen molar-refractivity contribution in [3.05, 3.63) is 50.2 Å². The van der Waals surface area contributed by atoms with Crippen molar-refractivity contribution in [3.63, 3.8) is 0 Å². The number of fused-ring (bicyclic) bond motifs is 1. The number of hydrogen-bond acceptors (Lipinski definition) is 6. The summed E-state index contributed by atoms with van der Waals surface area (Å²) in [7, 11) is 1.65. The summed E-state index contributed by atoms with van der Waals surface area (Å²) in [6, 6.07) is 0. The molecule has 3 aromatic heterocycles. The van der Waals surface area contributed by atoms with Gasteiger partial charge < -0.3 is 15.0 Å². The largest absolute Gasteiger partial charge is 0.496 e. The molecule has 0 aliphatic heterocycles. The average Bonchev–Trinajstić information content (AvgIpc) is 2.70. The number of rotatable bonds is 7. The summed E-state index contributed by atoms with van der Waals surface area (Å²) in [5.74, 6) is 1.24.